The largest absolute Gasteiger partial charge is 0.367 e. The fraction of sp³-hybridized carbons (Fsp3) is 0.562. The van der Waals surface area contributed by atoms with Gasteiger partial charge < -0.3 is 10.6 Å². The minimum atomic E-state index is -0.503. The van der Waals surface area contributed by atoms with Crippen LogP contribution in [0.3, 0.4) is 0 Å². The smallest absolute Gasteiger partial charge is 0.330 e. The molecule has 2 unspecified atom stereocenters. The molecule has 0 bridgehead atoms. The van der Waals surface area contributed by atoms with E-state index in [-0.39, 0.29) is 17.9 Å². The molecule has 1 aliphatic heterocycles. The van der Waals surface area contributed by atoms with E-state index in [0.29, 0.717) is 13.1 Å². The van der Waals surface area contributed by atoms with E-state index in [4.69, 9.17) is 22.2 Å². The second-order valence-electron chi connectivity index (χ2n) is 6.63. The van der Waals surface area contributed by atoms with E-state index in [2.05, 4.69) is 0 Å². The molecular weight excluding hydrogens is 288 g/mol. The van der Waals surface area contributed by atoms with Crippen molar-refractivity contribution >= 4 is 17.6 Å². The molecule has 1 fully saturated rings. The zero-order valence-corrected chi connectivity index (χ0v) is 13.6. The Hall–Kier alpha value is -1.10. The summed E-state index contributed by atoms with van der Waals surface area (Å²) in [5.74, 6) is 0.0477. The van der Waals surface area contributed by atoms with E-state index in [9.17, 15) is 4.79 Å². The third kappa shape index (κ3) is 4.19. The van der Waals surface area contributed by atoms with Crippen molar-refractivity contribution in [2.24, 2.45) is 11.1 Å². The molecule has 4 nitrogen and oxygen atoms in total. The minimum absolute atomic E-state index is 0.0623. The van der Waals surface area contributed by atoms with Gasteiger partial charge in [-0.2, -0.15) is 0 Å². The zero-order chi connectivity index (χ0) is 15.6. The number of nitrogens with zero attached hydrogens (tertiary/aromatic N) is 1. The molecule has 0 amide bonds. The number of rotatable bonds is 2. The predicted molar refractivity (Wildman–Crippen MR) is 83.9 cm³/mol. The van der Waals surface area contributed by atoms with Crippen LogP contribution >= 0.6 is 11.6 Å². The Morgan fingerprint density at radius 2 is 1.95 bits per heavy atom. The maximum Gasteiger partial charge on any atom is 0.330 e. The van der Waals surface area contributed by atoms with Crippen LogP contribution in [0.2, 0.25) is 5.02 Å². The van der Waals surface area contributed by atoms with Gasteiger partial charge in [-0.15, -0.1) is 5.06 Å². The number of hydroxylamine groups is 2. The van der Waals surface area contributed by atoms with Crippen molar-refractivity contribution in [1.82, 2.24) is 5.06 Å². The summed E-state index contributed by atoms with van der Waals surface area (Å²) in [6.07, 6.45) is 0.861. The van der Waals surface area contributed by atoms with Crippen LogP contribution in [-0.2, 0) is 9.63 Å². The highest BCUT2D eigenvalue weighted by molar-refractivity contribution is 6.30. The summed E-state index contributed by atoms with van der Waals surface area (Å²) in [5, 5.41) is 2.41. The fourth-order valence-corrected chi connectivity index (χ4v) is 2.54. The van der Waals surface area contributed by atoms with Gasteiger partial charge in [0.05, 0.1) is 12.0 Å². The van der Waals surface area contributed by atoms with E-state index in [0.717, 1.165) is 11.4 Å². The van der Waals surface area contributed by atoms with Crippen LogP contribution in [0.4, 0.5) is 0 Å². The molecule has 5 heteroatoms. The van der Waals surface area contributed by atoms with Crippen LogP contribution in [0, 0.1) is 5.41 Å². The number of carbonyl (C=O) groups is 1. The first kappa shape index (κ1) is 16.3. The van der Waals surface area contributed by atoms with Crippen LogP contribution in [-0.4, -0.2) is 30.2 Å². The quantitative estimate of drug-likeness (QED) is 0.912. The molecule has 2 N–H and O–H groups in total. The molecule has 21 heavy (non-hydrogen) atoms. The number of carbonyl (C=O) groups excluding carboxylic acids is 1. The molecule has 0 spiro atoms. The summed E-state index contributed by atoms with van der Waals surface area (Å²) in [7, 11) is 0. The number of hydrogen-bond donors (Lipinski definition) is 1. The topological polar surface area (TPSA) is 55.6 Å². The third-order valence-corrected chi connectivity index (χ3v) is 4.00. The summed E-state index contributed by atoms with van der Waals surface area (Å²) in [4.78, 5) is 17.3. The van der Waals surface area contributed by atoms with Crippen molar-refractivity contribution in [2.75, 3.05) is 13.1 Å². The highest BCUT2D eigenvalue weighted by atomic mass is 35.5. The second kappa shape index (κ2) is 6.34. The van der Waals surface area contributed by atoms with Gasteiger partial charge in [0.15, 0.2) is 0 Å². The molecule has 1 heterocycles. The van der Waals surface area contributed by atoms with Crippen molar-refractivity contribution in [3.05, 3.63) is 34.9 Å². The van der Waals surface area contributed by atoms with Gasteiger partial charge in [-0.25, -0.2) is 4.79 Å². The number of nitrogens with two attached hydrogens (primary N) is 1. The lowest BCUT2D eigenvalue weighted by molar-refractivity contribution is -0.205. The van der Waals surface area contributed by atoms with Crippen molar-refractivity contribution in [3.8, 4) is 0 Å². The first-order valence-electron chi connectivity index (χ1n) is 7.26. The van der Waals surface area contributed by atoms with Gasteiger partial charge in [0.2, 0.25) is 0 Å². The van der Waals surface area contributed by atoms with Crippen LogP contribution in [0.5, 0.6) is 0 Å². The van der Waals surface area contributed by atoms with Crippen molar-refractivity contribution in [3.63, 3.8) is 0 Å². The number of halogens is 1. The number of piperidine rings is 1. The highest BCUT2D eigenvalue weighted by Gasteiger charge is 2.32. The first-order valence-corrected chi connectivity index (χ1v) is 7.63. The average molecular weight is 311 g/mol. The zero-order valence-electron chi connectivity index (χ0n) is 12.8. The van der Waals surface area contributed by atoms with E-state index >= 15 is 0 Å². The maximum atomic E-state index is 11.9. The fourth-order valence-electron chi connectivity index (χ4n) is 2.41. The Kier molecular flexibility index (Phi) is 4.91. The van der Waals surface area contributed by atoms with Gasteiger partial charge >= 0.3 is 5.97 Å². The van der Waals surface area contributed by atoms with Gasteiger partial charge in [0.1, 0.15) is 0 Å². The van der Waals surface area contributed by atoms with Crippen molar-refractivity contribution < 1.29 is 9.63 Å². The summed E-state index contributed by atoms with van der Waals surface area (Å²) in [5.41, 5.74) is 6.94. The maximum absolute atomic E-state index is 11.9. The van der Waals surface area contributed by atoms with Gasteiger partial charge in [-0.1, -0.05) is 23.7 Å². The minimum Gasteiger partial charge on any atom is -0.367 e. The molecule has 2 atom stereocenters. The molecule has 1 aromatic rings. The molecule has 0 saturated carbocycles. The summed E-state index contributed by atoms with van der Waals surface area (Å²) in [6, 6.07) is 7.74. The standard InChI is InChI=1S/C16H23ClN2O2/c1-16(2,3)15(20)21-19-9-8-13(14(18)10-19)11-4-6-12(17)7-5-11/h4-7,13-14H,8-10,18H2,1-3H3. The van der Waals surface area contributed by atoms with E-state index in [1.165, 1.54) is 5.56 Å². The molecule has 1 aromatic carbocycles. The summed E-state index contributed by atoms with van der Waals surface area (Å²) >= 11 is 5.91. The third-order valence-electron chi connectivity index (χ3n) is 3.74. The second-order valence-corrected chi connectivity index (χ2v) is 7.06. The first-order chi connectivity index (χ1) is 9.77. The Balaban J connectivity index is 1.96. The Bertz CT molecular complexity index is 496. The monoisotopic (exact) mass is 310 g/mol. The van der Waals surface area contributed by atoms with E-state index in [1.807, 2.05) is 45.0 Å². The lowest BCUT2D eigenvalue weighted by Crippen LogP contribution is -2.48. The van der Waals surface area contributed by atoms with Crippen LogP contribution in [0.15, 0.2) is 24.3 Å². The average Bonchev–Trinajstić information content (AvgIpc) is 2.39. The predicted octanol–water partition coefficient (Wildman–Crippen LogP) is 2.96. The van der Waals surface area contributed by atoms with Crippen LogP contribution < -0.4 is 5.73 Å². The number of hydrogen-bond acceptors (Lipinski definition) is 4. The van der Waals surface area contributed by atoms with E-state index < -0.39 is 5.41 Å². The molecule has 2 rings (SSSR count). The Morgan fingerprint density at radius 1 is 1.33 bits per heavy atom. The Labute approximate surface area is 131 Å². The van der Waals surface area contributed by atoms with Gasteiger partial charge in [0.25, 0.3) is 0 Å². The Morgan fingerprint density at radius 3 is 2.48 bits per heavy atom. The molecule has 0 aromatic heterocycles. The molecule has 1 aliphatic rings. The molecular formula is C16H23ClN2O2. The van der Waals surface area contributed by atoms with Crippen LogP contribution in [0.25, 0.3) is 0 Å². The summed E-state index contributed by atoms with van der Waals surface area (Å²) < 4.78 is 0. The van der Waals surface area contributed by atoms with Crippen molar-refractivity contribution in [2.45, 2.75) is 39.2 Å². The highest BCUT2D eigenvalue weighted by Crippen LogP contribution is 2.29. The van der Waals surface area contributed by atoms with Gasteiger partial charge in [-0.05, 0) is 44.9 Å². The molecule has 0 radical (unpaired) electrons. The molecule has 116 valence electrons. The van der Waals surface area contributed by atoms with E-state index in [1.54, 1.807) is 5.06 Å². The molecule has 0 aliphatic carbocycles. The summed E-state index contributed by atoms with van der Waals surface area (Å²) in [6.45, 7) is 6.78. The normalized spacial score (nSPS) is 23.9. The SMILES string of the molecule is CC(C)(C)C(=O)ON1CCC(c2ccc(Cl)cc2)C(N)C1. The van der Waals surface area contributed by atoms with Gasteiger partial charge in [0, 0.05) is 23.5 Å². The van der Waals surface area contributed by atoms with Crippen LogP contribution in [0.1, 0.15) is 38.7 Å². The van der Waals surface area contributed by atoms with Crippen molar-refractivity contribution in [1.29, 1.82) is 0 Å². The lowest BCUT2D eigenvalue weighted by atomic mass is 9.86. The number of benzene rings is 1. The lowest BCUT2D eigenvalue weighted by Gasteiger charge is -2.36. The molecule has 1 saturated heterocycles. The van der Waals surface area contributed by atoms with Gasteiger partial charge in [-0.3, -0.25) is 0 Å².